The molecule has 6 nitrogen and oxygen atoms in total. The van der Waals surface area contributed by atoms with Crippen molar-refractivity contribution in [1.82, 2.24) is 4.90 Å². The van der Waals surface area contributed by atoms with E-state index in [1.165, 1.54) is 4.90 Å². The molecule has 0 aliphatic carbocycles. The highest BCUT2D eigenvalue weighted by Crippen LogP contribution is 2.23. The molecule has 2 aromatic rings. The first-order valence-corrected chi connectivity index (χ1v) is 9.50. The second-order valence-corrected chi connectivity index (χ2v) is 6.31. The average molecular weight is 384 g/mol. The van der Waals surface area contributed by atoms with Crippen molar-refractivity contribution < 1.29 is 19.1 Å². The van der Waals surface area contributed by atoms with E-state index >= 15 is 0 Å². The first-order chi connectivity index (χ1) is 13.6. The second-order valence-electron chi connectivity index (χ2n) is 6.31. The summed E-state index contributed by atoms with van der Waals surface area (Å²) in [6.45, 7) is 4.35. The summed E-state index contributed by atoms with van der Waals surface area (Å²) in [5.41, 5.74) is 1.62. The third kappa shape index (κ3) is 6.01. The summed E-state index contributed by atoms with van der Waals surface area (Å²) in [4.78, 5) is 26.6. The largest absolute Gasteiger partial charge is 0.495 e. The maximum atomic E-state index is 12.6. The lowest BCUT2D eigenvalue weighted by Crippen LogP contribution is -2.41. The number of benzene rings is 2. The van der Waals surface area contributed by atoms with Gasteiger partial charge in [0, 0.05) is 6.54 Å². The molecule has 0 heterocycles. The van der Waals surface area contributed by atoms with Gasteiger partial charge in [0.15, 0.2) is 6.61 Å². The van der Waals surface area contributed by atoms with E-state index in [9.17, 15) is 9.59 Å². The highest BCUT2D eigenvalue weighted by atomic mass is 16.5. The van der Waals surface area contributed by atoms with Gasteiger partial charge in [-0.1, -0.05) is 44.2 Å². The van der Waals surface area contributed by atoms with Gasteiger partial charge in [-0.05, 0) is 36.6 Å². The Morgan fingerprint density at radius 1 is 1.00 bits per heavy atom. The monoisotopic (exact) mass is 384 g/mol. The molecule has 0 aromatic heterocycles. The number of hydrogen-bond acceptors (Lipinski definition) is 4. The molecule has 0 atom stereocenters. The molecule has 0 fully saturated rings. The fraction of sp³-hybridized carbons (Fsp3) is 0.364. The number of anilines is 1. The van der Waals surface area contributed by atoms with Crippen LogP contribution in [-0.4, -0.2) is 43.5 Å². The smallest absolute Gasteiger partial charge is 0.260 e. The van der Waals surface area contributed by atoms with Gasteiger partial charge < -0.3 is 19.7 Å². The molecule has 150 valence electrons. The van der Waals surface area contributed by atoms with E-state index in [-0.39, 0.29) is 25.0 Å². The molecule has 0 radical (unpaired) electrons. The summed E-state index contributed by atoms with van der Waals surface area (Å²) in [5, 5.41) is 2.80. The van der Waals surface area contributed by atoms with E-state index < -0.39 is 0 Å². The van der Waals surface area contributed by atoms with Gasteiger partial charge in [0.25, 0.3) is 5.91 Å². The van der Waals surface area contributed by atoms with Crippen LogP contribution in [0.1, 0.15) is 25.8 Å². The Labute approximate surface area is 166 Å². The normalized spacial score (nSPS) is 10.2. The van der Waals surface area contributed by atoms with Gasteiger partial charge in [-0.3, -0.25) is 9.59 Å². The van der Waals surface area contributed by atoms with Gasteiger partial charge in [-0.2, -0.15) is 0 Å². The van der Waals surface area contributed by atoms with Gasteiger partial charge in [0.1, 0.15) is 11.5 Å². The zero-order valence-electron chi connectivity index (χ0n) is 16.7. The zero-order chi connectivity index (χ0) is 20.4. The topological polar surface area (TPSA) is 67.9 Å². The van der Waals surface area contributed by atoms with Crippen molar-refractivity contribution in [2.24, 2.45) is 0 Å². The van der Waals surface area contributed by atoms with Crippen molar-refractivity contribution in [2.45, 2.75) is 26.7 Å². The number of para-hydroxylation sites is 3. The van der Waals surface area contributed by atoms with Crippen molar-refractivity contribution in [1.29, 1.82) is 0 Å². The standard InChI is InChI=1S/C22H28N2O4/c1-4-14-24(15-21(25)23-18-11-7-9-13-20(18)27-3)22(26)16-28-19-12-8-6-10-17(19)5-2/h6-13H,4-5,14-16H2,1-3H3,(H,23,25). The number of rotatable bonds is 10. The van der Waals surface area contributed by atoms with Crippen molar-refractivity contribution in [3.63, 3.8) is 0 Å². The molecule has 0 spiro atoms. The molecule has 0 aliphatic heterocycles. The second kappa shape index (κ2) is 11.0. The van der Waals surface area contributed by atoms with Crippen molar-refractivity contribution >= 4 is 17.5 Å². The van der Waals surface area contributed by atoms with Crippen molar-refractivity contribution in [2.75, 3.05) is 32.1 Å². The van der Waals surface area contributed by atoms with Gasteiger partial charge in [-0.25, -0.2) is 0 Å². The molecular weight excluding hydrogens is 356 g/mol. The van der Waals surface area contributed by atoms with Crippen LogP contribution in [0.2, 0.25) is 0 Å². The van der Waals surface area contributed by atoms with Crippen LogP contribution in [0.3, 0.4) is 0 Å². The van der Waals surface area contributed by atoms with Gasteiger partial charge in [0.2, 0.25) is 5.91 Å². The lowest BCUT2D eigenvalue weighted by atomic mass is 10.1. The van der Waals surface area contributed by atoms with E-state index in [4.69, 9.17) is 9.47 Å². The van der Waals surface area contributed by atoms with Crippen LogP contribution >= 0.6 is 0 Å². The molecule has 0 unspecified atom stereocenters. The maximum absolute atomic E-state index is 12.6. The summed E-state index contributed by atoms with van der Waals surface area (Å²) in [6.07, 6.45) is 1.57. The van der Waals surface area contributed by atoms with E-state index in [0.717, 1.165) is 18.4 Å². The Balaban J connectivity index is 1.97. The molecule has 2 rings (SSSR count). The third-order valence-electron chi connectivity index (χ3n) is 4.27. The number of nitrogens with one attached hydrogen (secondary N) is 1. The van der Waals surface area contributed by atoms with Crippen molar-refractivity contribution in [3.8, 4) is 11.5 Å². The lowest BCUT2D eigenvalue weighted by Gasteiger charge is -2.22. The fourth-order valence-corrected chi connectivity index (χ4v) is 2.84. The van der Waals surface area contributed by atoms with Gasteiger partial charge in [0.05, 0.1) is 19.3 Å². The molecule has 2 amide bonds. The minimum absolute atomic E-state index is 0.0382. The summed E-state index contributed by atoms with van der Waals surface area (Å²) in [7, 11) is 1.55. The SMILES string of the molecule is CCCN(CC(=O)Nc1ccccc1OC)C(=O)COc1ccccc1CC. The Kier molecular flexibility index (Phi) is 8.34. The quantitative estimate of drug-likeness (QED) is 0.681. The minimum atomic E-state index is -0.278. The number of hydrogen-bond donors (Lipinski definition) is 1. The zero-order valence-corrected chi connectivity index (χ0v) is 16.7. The highest BCUT2D eigenvalue weighted by molar-refractivity contribution is 5.95. The number of aryl methyl sites for hydroxylation is 1. The molecule has 2 aromatic carbocycles. The van der Waals surface area contributed by atoms with Gasteiger partial charge in [-0.15, -0.1) is 0 Å². The van der Waals surface area contributed by atoms with Crippen LogP contribution in [0.5, 0.6) is 11.5 Å². The first kappa shape index (κ1) is 21.3. The summed E-state index contributed by atoms with van der Waals surface area (Å²) < 4.78 is 11.0. The Bertz CT molecular complexity index is 792. The summed E-state index contributed by atoms with van der Waals surface area (Å²) >= 11 is 0. The molecule has 0 aliphatic rings. The summed E-state index contributed by atoms with van der Waals surface area (Å²) in [6, 6.07) is 14.8. The van der Waals surface area contributed by atoms with E-state index in [1.54, 1.807) is 19.2 Å². The average Bonchev–Trinajstić information content (AvgIpc) is 2.72. The Hall–Kier alpha value is -3.02. The van der Waals surface area contributed by atoms with E-state index in [2.05, 4.69) is 5.32 Å². The van der Waals surface area contributed by atoms with Crippen LogP contribution in [-0.2, 0) is 16.0 Å². The fourth-order valence-electron chi connectivity index (χ4n) is 2.84. The van der Waals surface area contributed by atoms with Crippen LogP contribution in [0, 0.1) is 0 Å². The number of ether oxygens (including phenoxy) is 2. The summed E-state index contributed by atoms with van der Waals surface area (Å²) in [5.74, 6) is 0.778. The predicted octanol–water partition coefficient (Wildman–Crippen LogP) is 3.51. The molecular formula is C22H28N2O4. The first-order valence-electron chi connectivity index (χ1n) is 9.50. The number of carbonyl (C=O) groups is 2. The maximum Gasteiger partial charge on any atom is 0.260 e. The van der Waals surface area contributed by atoms with E-state index in [0.29, 0.717) is 23.7 Å². The molecule has 0 saturated carbocycles. The van der Waals surface area contributed by atoms with E-state index in [1.807, 2.05) is 50.2 Å². The molecule has 6 heteroatoms. The van der Waals surface area contributed by atoms with Crippen LogP contribution in [0.15, 0.2) is 48.5 Å². The Morgan fingerprint density at radius 2 is 1.68 bits per heavy atom. The number of methoxy groups -OCH3 is 1. The molecule has 0 saturated heterocycles. The van der Waals surface area contributed by atoms with Crippen molar-refractivity contribution in [3.05, 3.63) is 54.1 Å². The molecule has 28 heavy (non-hydrogen) atoms. The van der Waals surface area contributed by atoms with Gasteiger partial charge >= 0.3 is 0 Å². The molecule has 0 bridgehead atoms. The Morgan fingerprint density at radius 3 is 2.36 bits per heavy atom. The van der Waals surface area contributed by atoms with Crippen LogP contribution in [0.4, 0.5) is 5.69 Å². The highest BCUT2D eigenvalue weighted by Gasteiger charge is 2.18. The number of nitrogens with zero attached hydrogens (tertiary/aromatic N) is 1. The van der Waals surface area contributed by atoms with Crippen LogP contribution < -0.4 is 14.8 Å². The minimum Gasteiger partial charge on any atom is -0.495 e. The lowest BCUT2D eigenvalue weighted by molar-refractivity contribution is -0.136. The molecule has 1 N–H and O–H groups in total. The number of amides is 2. The number of carbonyl (C=O) groups excluding carboxylic acids is 2. The third-order valence-corrected chi connectivity index (χ3v) is 4.27. The van der Waals surface area contributed by atoms with Crippen LogP contribution in [0.25, 0.3) is 0 Å². The predicted molar refractivity (Wildman–Crippen MR) is 110 cm³/mol.